The molecule has 1 aromatic rings. The molecule has 0 bridgehead atoms. The van der Waals surface area contributed by atoms with Gasteiger partial charge in [0.25, 0.3) is 0 Å². The van der Waals surface area contributed by atoms with Crippen molar-refractivity contribution < 1.29 is 0 Å². The minimum absolute atomic E-state index is 0.688. The molecule has 2 rings (SSSR count). The third-order valence-electron chi connectivity index (χ3n) is 2.92. The Morgan fingerprint density at radius 3 is 2.42 bits per heavy atom. The number of nitrogens with zero attached hydrogens (tertiary/aromatic N) is 1. The summed E-state index contributed by atoms with van der Waals surface area (Å²) in [6.45, 7) is 3.53. The van der Waals surface area contributed by atoms with Crippen molar-refractivity contribution in [1.29, 1.82) is 0 Å². The average Bonchev–Trinajstić information content (AvgIpc) is 2.63. The first kappa shape index (κ1) is 7.90. The van der Waals surface area contributed by atoms with Crippen molar-refractivity contribution in [2.75, 3.05) is 0 Å². The van der Waals surface area contributed by atoms with Gasteiger partial charge in [0.15, 0.2) is 0 Å². The third kappa shape index (κ3) is 1.55. The van der Waals surface area contributed by atoms with Gasteiger partial charge in [0.2, 0.25) is 0 Å². The number of rotatable bonds is 4. The second kappa shape index (κ2) is 2.96. The van der Waals surface area contributed by atoms with E-state index in [0.29, 0.717) is 5.41 Å². The standard InChI is InChI=1S/C11H17N/c1-2-5-11(6-7-11)10-12-8-3-4-9-12/h3-4,8-9H,2,5-7,10H2,1H3. The number of aromatic nitrogens is 1. The lowest BCUT2D eigenvalue weighted by Crippen LogP contribution is -2.09. The van der Waals surface area contributed by atoms with Crippen LogP contribution in [0.2, 0.25) is 0 Å². The molecule has 1 aromatic heterocycles. The van der Waals surface area contributed by atoms with E-state index in [1.807, 2.05) is 0 Å². The van der Waals surface area contributed by atoms with Gasteiger partial charge in [-0.05, 0) is 36.8 Å². The lowest BCUT2D eigenvalue weighted by Gasteiger charge is -2.14. The highest BCUT2D eigenvalue weighted by Gasteiger charge is 2.41. The summed E-state index contributed by atoms with van der Waals surface area (Å²) >= 11 is 0. The van der Waals surface area contributed by atoms with Gasteiger partial charge in [-0.1, -0.05) is 13.3 Å². The Labute approximate surface area is 74.4 Å². The summed E-state index contributed by atoms with van der Waals surface area (Å²) in [6.07, 6.45) is 9.98. The molecule has 1 aliphatic carbocycles. The van der Waals surface area contributed by atoms with Gasteiger partial charge in [-0.15, -0.1) is 0 Å². The lowest BCUT2D eigenvalue weighted by atomic mass is 10.0. The van der Waals surface area contributed by atoms with Crippen LogP contribution in [0.1, 0.15) is 32.6 Å². The topological polar surface area (TPSA) is 4.93 Å². The Morgan fingerprint density at radius 2 is 1.92 bits per heavy atom. The maximum Gasteiger partial charge on any atom is 0.0276 e. The molecule has 1 heteroatoms. The normalized spacial score (nSPS) is 19.4. The largest absolute Gasteiger partial charge is 0.354 e. The van der Waals surface area contributed by atoms with Gasteiger partial charge >= 0.3 is 0 Å². The van der Waals surface area contributed by atoms with Crippen molar-refractivity contribution in [3.63, 3.8) is 0 Å². The average molecular weight is 163 g/mol. The van der Waals surface area contributed by atoms with Crippen LogP contribution < -0.4 is 0 Å². The summed E-state index contributed by atoms with van der Waals surface area (Å²) in [5.41, 5.74) is 0.688. The molecule has 12 heavy (non-hydrogen) atoms. The zero-order chi connectivity index (χ0) is 8.44. The van der Waals surface area contributed by atoms with Gasteiger partial charge in [0, 0.05) is 18.9 Å². The highest BCUT2D eigenvalue weighted by Crippen LogP contribution is 2.50. The molecule has 1 fully saturated rings. The Balaban J connectivity index is 1.94. The summed E-state index contributed by atoms with van der Waals surface area (Å²) in [7, 11) is 0. The molecule has 0 amide bonds. The zero-order valence-corrected chi connectivity index (χ0v) is 7.79. The van der Waals surface area contributed by atoms with Crippen molar-refractivity contribution in [3.8, 4) is 0 Å². The first-order chi connectivity index (χ1) is 5.85. The van der Waals surface area contributed by atoms with Gasteiger partial charge in [-0.25, -0.2) is 0 Å². The zero-order valence-electron chi connectivity index (χ0n) is 7.79. The fourth-order valence-electron chi connectivity index (χ4n) is 2.06. The fraction of sp³-hybridized carbons (Fsp3) is 0.636. The molecule has 0 radical (unpaired) electrons. The minimum atomic E-state index is 0.688. The molecule has 66 valence electrons. The van der Waals surface area contributed by atoms with Crippen molar-refractivity contribution >= 4 is 0 Å². The first-order valence-corrected chi connectivity index (χ1v) is 4.95. The Morgan fingerprint density at radius 1 is 1.25 bits per heavy atom. The van der Waals surface area contributed by atoms with E-state index in [1.54, 1.807) is 0 Å². The van der Waals surface area contributed by atoms with Crippen molar-refractivity contribution in [2.24, 2.45) is 5.41 Å². The van der Waals surface area contributed by atoms with Gasteiger partial charge in [-0.3, -0.25) is 0 Å². The molecule has 0 saturated heterocycles. The van der Waals surface area contributed by atoms with Crippen molar-refractivity contribution in [1.82, 2.24) is 4.57 Å². The van der Waals surface area contributed by atoms with E-state index in [1.165, 1.54) is 32.2 Å². The summed E-state index contributed by atoms with van der Waals surface area (Å²) in [6, 6.07) is 4.23. The molecule has 0 atom stereocenters. The van der Waals surface area contributed by atoms with Crippen LogP contribution >= 0.6 is 0 Å². The maximum atomic E-state index is 2.32. The van der Waals surface area contributed by atoms with Crippen LogP contribution in [0, 0.1) is 5.41 Å². The predicted molar refractivity (Wildman–Crippen MR) is 51.0 cm³/mol. The van der Waals surface area contributed by atoms with Gasteiger partial charge in [0.05, 0.1) is 0 Å². The molecule has 0 N–H and O–H groups in total. The lowest BCUT2D eigenvalue weighted by molar-refractivity contribution is 0.389. The van der Waals surface area contributed by atoms with Crippen LogP contribution in [-0.4, -0.2) is 4.57 Å². The molecule has 0 aliphatic heterocycles. The summed E-state index contributed by atoms with van der Waals surface area (Å²) in [5.74, 6) is 0. The summed E-state index contributed by atoms with van der Waals surface area (Å²) < 4.78 is 2.32. The predicted octanol–water partition coefficient (Wildman–Crippen LogP) is 3.07. The van der Waals surface area contributed by atoms with Crippen LogP contribution in [0.5, 0.6) is 0 Å². The minimum Gasteiger partial charge on any atom is -0.354 e. The first-order valence-electron chi connectivity index (χ1n) is 4.95. The maximum absolute atomic E-state index is 2.32. The van der Waals surface area contributed by atoms with Crippen LogP contribution in [0.15, 0.2) is 24.5 Å². The van der Waals surface area contributed by atoms with Crippen LogP contribution in [0.4, 0.5) is 0 Å². The van der Waals surface area contributed by atoms with Crippen molar-refractivity contribution in [2.45, 2.75) is 39.2 Å². The van der Waals surface area contributed by atoms with E-state index >= 15 is 0 Å². The molecule has 1 heterocycles. The van der Waals surface area contributed by atoms with E-state index in [4.69, 9.17) is 0 Å². The highest BCUT2D eigenvalue weighted by molar-refractivity contribution is 4.97. The molecular formula is C11H17N. The molecular weight excluding hydrogens is 146 g/mol. The molecule has 0 unspecified atom stereocenters. The van der Waals surface area contributed by atoms with Crippen molar-refractivity contribution in [3.05, 3.63) is 24.5 Å². The monoisotopic (exact) mass is 163 g/mol. The molecule has 1 aliphatic rings. The smallest absolute Gasteiger partial charge is 0.0276 e. The van der Waals surface area contributed by atoms with Crippen LogP contribution in [0.3, 0.4) is 0 Å². The van der Waals surface area contributed by atoms with Crippen LogP contribution in [-0.2, 0) is 6.54 Å². The molecule has 1 nitrogen and oxygen atoms in total. The van der Waals surface area contributed by atoms with E-state index < -0.39 is 0 Å². The van der Waals surface area contributed by atoms with Gasteiger partial charge in [-0.2, -0.15) is 0 Å². The number of hydrogen-bond acceptors (Lipinski definition) is 0. The fourth-order valence-corrected chi connectivity index (χ4v) is 2.06. The van der Waals surface area contributed by atoms with Crippen LogP contribution in [0.25, 0.3) is 0 Å². The van der Waals surface area contributed by atoms with E-state index in [0.717, 1.165) is 0 Å². The molecule has 0 aromatic carbocycles. The second-order valence-electron chi connectivity index (χ2n) is 4.11. The van der Waals surface area contributed by atoms with Gasteiger partial charge < -0.3 is 4.57 Å². The van der Waals surface area contributed by atoms with E-state index in [-0.39, 0.29) is 0 Å². The number of hydrogen-bond donors (Lipinski definition) is 0. The Bertz CT molecular complexity index is 232. The summed E-state index contributed by atoms with van der Waals surface area (Å²) in [5, 5.41) is 0. The SMILES string of the molecule is CCCC1(Cn2cccc2)CC1. The van der Waals surface area contributed by atoms with E-state index in [2.05, 4.69) is 36.0 Å². The molecule has 0 spiro atoms. The Hall–Kier alpha value is -0.720. The quantitative estimate of drug-likeness (QED) is 0.643. The Kier molecular flexibility index (Phi) is 1.95. The molecule has 1 saturated carbocycles. The highest BCUT2D eigenvalue weighted by atomic mass is 15.0. The summed E-state index contributed by atoms with van der Waals surface area (Å²) in [4.78, 5) is 0. The van der Waals surface area contributed by atoms with Gasteiger partial charge in [0.1, 0.15) is 0 Å². The van der Waals surface area contributed by atoms with E-state index in [9.17, 15) is 0 Å². The third-order valence-corrected chi connectivity index (χ3v) is 2.92. The second-order valence-corrected chi connectivity index (χ2v) is 4.11.